The van der Waals surface area contributed by atoms with Crippen LogP contribution in [0.5, 0.6) is 5.75 Å². The normalized spacial score (nSPS) is 10.0. The molecule has 0 radical (unpaired) electrons. The zero-order valence-corrected chi connectivity index (χ0v) is 8.82. The van der Waals surface area contributed by atoms with Crippen molar-refractivity contribution in [3.63, 3.8) is 0 Å². The van der Waals surface area contributed by atoms with E-state index in [2.05, 4.69) is 0 Å². The van der Waals surface area contributed by atoms with Gasteiger partial charge in [0.05, 0.1) is 18.0 Å². The number of rotatable bonds is 3. The highest BCUT2D eigenvalue weighted by atomic mass is 35.5. The van der Waals surface area contributed by atoms with Gasteiger partial charge in [0.15, 0.2) is 17.3 Å². The summed E-state index contributed by atoms with van der Waals surface area (Å²) in [6, 6.07) is 2.72. The number of hydrogen-bond donors (Lipinski definition) is 0. The first-order valence-corrected chi connectivity index (χ1v) is 4.64. The SMILES string of the molecule is COc1ccc(C(=O)CCl)c(Cl)c1F. The van der Waals surface area contributed by atoms with Crippen molar-refractivity contribution in [1.82, 2.24) is 0 Å². The van der Waals surface area contributed by atoms with Crippen molar-refractivity contribution in [3.05, 3.63) is 28.5 Å². The van der Waals surface area contributed by atoms with E-state index in [4.69, 9.17) is 27.9 Å². The van der Waals surface area contributed by atoms with Gasteiger partial charge in [-0.25, -0.2) is 4.39 Å². The monoisotopic (exact) mass is 236 g/mol. The summed E-state index contributed by atoms with van der Waals surface area (Å²) in [7, 11) is 1.32. The van der Waals surface area contributed by atoms with Crippen molar-refractivity contribution < 1.29 is 13.9 Å². The van der Waals surface area contributed by atoms with Gasteiger partial charge in [-0.1, -0.05) is 11.6 Å². The third-order valence-corrected chi connectivity index (χ3v) is 2.30. The Hall–Kier alpha value is -0.800. The first-order valence-electron chi connectivity index (χ1n) is 3.73. The molecule has 0 atom stereocenters. The van der Waals surface area contributed by atoms with Crippen LogP contribution in [-0.4, -0.2) is 18.8 Å². The lowest BCUT2D eigenvalue weighted by molar-refractivity contribution is 0.102. The number of carbonyl (C=O) groups excluding carboxylic acids is 1. The van der Waals surface area contributed by atoms with Crippen molar-refractivity contribution >= 4 is 29.0 Å². The summed E-state index contributed by atoms with van der Waals surface area (Å²) in [5.41, 5.74) is 0.0694. The van der Waals surface area contributed by atoms with Crippen LogP contribution in [0.15, 0.2) is 12.1 Å². The first-order chi connectivity index (χ1) is 6.61. The molecule has 0 aliphatic rings. The van der Waals surface area contributed by atoms with E-state index >= 15 is 0 Å². The molecule has 0 heterocycles. The number of Topliss-reactive ketones (excluding diaryl/α,β-unsaturated/α-hetero) is 1. The Morgan fingerprint density at radius 1 is 1.57 bits per heavy atom. The average molecular weight is 237 g/mol. The fourth-order valence-electron chi connectivity index (χ4n) is 0.977. The Balaban J connectivity index is 3.24. The van der Waals surface area contributed by atoms with Crippen molar-refractivity contribution in [1.29, 1.82) is 0 Å². The molecule has 1 aromatic rings. The molecule has 5 heteroatoms. The van der Waals surface area contributed by atoms with E-state index in [9.17, 15) is 9.18 Å². The second kappa shape index (κ2) is 4.62. The number of methoxy groups -OCH3 is 1. The third kappa shape index (κ3) is 1.99. The molecule has 2 nitrogen and oxygen atoms in total. The van der Waals surface area contributed by atoms with Gasteiger partial charge in [-0.3, -0.25) is 4.79 Å². The first kappa shape index (κ1) is 11.3. The van der Waals surface area contributed by atoms with Crippen LogP contribution in [-0.2, 0) is 0 Å². The third-order valence-electron chi connectivity index (χ3n) is 1.69. The lowest BCUT2D eigenvalue weighted by Gasteiger charge is -2.06. The maximum absolute atomic E-state index is 13.3. The average Bonchev–Trinajstić information content (AvgIpc) is 2.21. The van der Waals surface area contributed by atoms with Gasteiger partial charge in [0.25, 0.3) is 0 Å². The summed E-state index contributed by atoms with van der Waals surface area (Å²) in [5.74, 6) is -1.39. The van der Waals surface area contributed by atoms with E-state index in [1.54, 1.807) is 0 Å². The van der Waals surface area contributed by atoms with Gasteiger partial charge in [-0.05, 0) is 12.1 Å². The predicted octanol–water partition coefficient (Wildman–Crippen LogP) is 2.91. The minimum absolute atomic E-state index is 0.00104. The Morgan fingerprint density at radius 3 is 2.71 bits per heavy atom. The number of ether oxygens (including phenoxy) is 1. The molecule has 76 valence electrons. The molecule has 0 bridgehead atoms. The molecular formula is C9H7Cl2FO2. The van der Waals surface area contributed by atoms with Crippen molar-refractivity contribution in [2.75, 3.05) is 13.0 Å². The van der Waals surface area contributed by atoms with Gasteiger partial charge in [0.2, 0.25) is 0 Å². The van der Waals surface area contributed by atoms with E-state index < -0.39 is 11.6 Å². The number of halogens is 3. The Bertz CT molecular complexity index is 366. The van der Waals surface area contributed by atoms with Crippen LogP contribution in [0.2, 0.25) is 5.02 Å². The number of alkyl halides is 1. The van der Waals surface area contributed by atoms with Gasteiger partial charge < -0.3 is 4.74 Å². The number of ketones is 1. The number of benzene rings is 1. The molecule has 14 heavy (non-hydrogen) atoms. The summed E-state index contributed by atoms with van der Waals surface area (Å²) >= 11 is 10.9. The largest absolute Gasteiger partial charge is 0.494 e. The molecule has 0 saturated heterocycles. The van der Waals surface area contributed by atoms with Crippen molar-refractivity contribution in [2.45, 2.75) is 0 Å². The Labute approximate surface area is 90.6 Å². The summed E-state index contributed by atoms with van der Waals surface area (Å²) in [6.07, 6.45) is 0. The maximum Gasteiger partial charge on any atom is 0.184 e. The zero-order chi connectivity index (χ0) is 10.7. The molecule has 1 rings (SSSR count). The van der Waals surface area contributed by atoms with Crippen LogP contribution >= 0.6 is 23.2 Å². The highest BCUT2D eigenvalue weighted by Crippen LogP contribution is 2.28. The second-order valence-electron chi connectivity index (χ2n) is 2.50. The van der Waals surface area contributed by atoms with Crippen LogP contribution < -0.4 is 4.74 Å². The van der Waals surface area contributed by atoms with Crippen molar-refractivity contribution in [3.8, 4) is 5.75 Å². The number of carbonyl (C=O) groups is 1. The molecule has 0 amide bonds. The molecule has 0 N–H and O–H groups in total. The van der Waals surface area contributed by atoms with Crippen LogP contribution in [0, 0.1) is 5.82 Å². The zero-order valence-electron chi connectivity index (χ0n) is 7.31. The molecular weight excluding hydrogens is 230 g/mol. The molecule has 0 saturated carbocycles. The predicted molar refractivity (Wildman–Crippen MR) is 53.0 cm³/mol. The molecule has 0 aliphatic carbocycles. The van der Waals surface area contributed by atoms with E-state index in [0.29, 0.717) is 0 Å². The minimum Gasteiger partial charge on any atom is -0.494 e. The molecule has 0 aromatic heterocycles. The van der Waals surface area contributed by atoms with Crippen LogP contribution in [0.4, 0.5) is 4.39 Å². The topological polar surface area (TPSA) is 26.3 Å². The molecule has 0 unspecified atom stereocenters. The lowest BCUT2D eigenvalue weighted by atomic mass is 10.1. The summed E-state index contributed by atoms with van der Waals surface area (Å²) in [6.45, 7) is 0. The highest BCUT2D eigenvalue weighted by Gasteiger charge is 2.16. The Morgan fingerprint density at radius 2 is 2.21 bits per heavy atom. The van der Waals surface area contributed by atoms with E-state index in [1.807, 2.05) is 0 Å². The quantitative estimate of drug-likeness (QED) is 0.596. The smallest absolute Gasteiger partial charge is 0.184 e. The molecule has 0 aliphatic heterocycles. The van der Waals surface area contributed by atoms with Crippen molar-refractivity contribution in [2.24, 2.45) is 0 Å². The van der Waals surface area contributed by atoms with Gasteiger partial charge in [0, 0.05) is 5.56 Å². The van der Waals surface area contributed by atoms with Gasteiger partial charge >= 0.3 is 0 Å². The van der Waals surface area contributed by atoms with Gasteiger partial charge in [-0.2, -0.15) is 0 Å². The summed E-state index contributed by atoms with van der Waals surface area (Å²) < 4.78 is 18.0. The van der Waals surface area contributed by atoms with Gasteiger partial charge in [-0.15, -0.1) is 11.6 Å². The standard InChI is InChI=1S/C9H7Cl2FO2/c1-14-7-3-2-5(6(13)4-10)8(11)9(7)12/h2-3H,4H2,1H3. The van der Waals surface area contributed by atoms with Crippen LogP contribution in [0.1, 0.15) is 10.4 Å². The van der Waals surface area contributed by atoms with Gasteiger partial charge in [0.1, 0.15) is 0 Å². The fourth-order valence-corrected chi connectivity index (χ4v) is 1.38. The molecule has 0 spiro atoms. The number of hydrogen-bond acceptors (Lipinski definition) is 2. The highest BCUT2D eigenvalue weighted by molar-refractivity contribution is 6.37. The second-order valence-corrected chi connectivity index (χ2v) is 3.15. The fraction of sp³-hybridized carbons (Fsp3) is 0.222. The van der Waals surface area contributed by atoms with E-state index in [-0.39, 0.29) is 22.2 Å². The molecule has 0 fully saturated rings. The van der Waals surface area contributed by atoms with E-state index in [0.717, 1.165) is 0 Å². The van der Waals surface area contributed by atoms with Crippen LogP contribution in [0.25, 0.3) is 0 Å². The maximum atomic E-state index is 13.3. The lowest BCUT2D eigenvalue weighted by Crippen LogP contribution is -2.03. The minimum atomic E-state index is -0.745. The molecule has 1 aromatic carbocycles. The summed E-state index contributed by atoms with van der Waals surface area (Å²) in [4.78, 5) is 11.2. The summed E-state index contributed by atoms with van der Waals surface area (Å²) in [5, 5.41) is -0.255. The van der Waals surface area contributed by atoms with Crippen LogP contribution in [0.3, 0.4) is 0 Å². The van der Waals surface area contributed by atoms with E-state index in [1.165, 1.54) is 19.2 Å². The Kier molecular flexibility index (Phi) is 3.72.